The Morgan fingerprint density at radius 1 is 1.22 bits per heavy atom. The minimum absolute atomic E-state index is 0.0839. The summed E-state index contributed by atoms with van der Waals surface area (Å²) in [4.78, 5) is 25.2. The number of ether oxygens (including phenoxy) is 2. The van der Waals surface area contributed by atoms with E-state index in [4.69, 9.17) is 15.2 Å². The molecule has 1 aliphatic heterocycles. The van der Waals surface area contributed by atoms with Crippen molar-refractivity contribution >= 4 is 11.6 Å². The van der Waals surface area contributed by atoms with Gasteiger partial charge in [0.05, 0.1) is 6.10 Å². The number of ketones is 2. The number of allylic oxidation sites excluding steroid dienone is 4. The summed E-state index contributed by atoms with van der Waals surface area (Å²) in [6, 6.07) is 0. The van der Waals surface area contributed by atoms with E-state index >= 15 is 4.39 Å². The summed E-state index contributed by atoms with van der Waals surface area (Å²) in [6.45, 7) is 6.06. The maximum atomic E-state index is 17.2. The molecule has 4 fully saturated rings. The highest BCUT2D eigenvalue weighted by atomic mass is 19.1. The number of hydrogen-bond acceptors (Lipinski definition) is 7. The number of Topliss-reactive ketones (excluding diaryl/α,β-unsaturated/α-hetero) is 1. The minimum Gasteiger partial charge on any atom is -0.390 e. The van der Waals surface area contributed by atoms with E-state index in [1.165, 1.54) is 12.2 Å². The molecule has 0 aromatic heterocycles. The molecule has 0 aromatic rings. The first-order chi connectivity index (χ1) is 14.7. The second-order valence-electron chi connectivity index (χ2n) is 11.2. The number of aliphatic hydroxyl groups excluding tert-OH is 2. The highest BCUT2D eigenvalue weighted by molar-refractivity contribution is 6.01. The molecule has 5 aliphatic rings. The van der Waals surface area contributed by atoms with Crippen LogP contribution in [0.1, 0.15) is 53.4 Å². The van der Waals surface area contributed by atoms with Crippen LogP contribution in [0.3, 0.4) is 0 Å². The Morgan fingerprint density at radius 3 is 2.56 bits per heavy atom. The Hall–Kier alpha value is -1.45. The smallest absolute Gasteiger partial charge is 0.194 e. The molecular weight excluding hydrogens is 417 g/mol. The Balaban J connectivity index is 1.67. The predicted octanol–water partition coefficient (Wildman–Crippen LogP) is 1.71. The summed E-state index contributed by atoms with van der Waals surface area (Å²) in [5, 5.41) is 21.3. The Bertz CT molecular complexity index is 978. The van der Waals surface area contributed by atoms with Crippen LogP contribution in [0.4, 0.5) is 4.39 Å². The average Bonchev–Trinajstić information content (AvgIpc) is 3.03. The lowest BCUT2D eigenvalue weighted by molar-refractivity contribution is -0.246. The van der Waals surface area contributed by atoms with Crippen molar-refractivity contribution in [1.82, 2.24) is 0 Å². The first-order valence-corrected chi connectivity index (χ1v) is 11.4. The van der Waals surface area contributed by atoms with Gasteiger partial charge < -0.3 is 25.4 Å². The minimum atomic E-state index is -2.05. The zero-order chi connectivity index (χ0) is 23.5. The van der Waals surface area contributed by atoms with Crippen molar-refractivity contribution < 1.29 is 33.7 Å². The highest BCUT2D eigenvalue weighted by Crippen LogP contribution is 2.73. The molecule has 0 amide bonds. The Labute approximate surface area is 186 Å². The number of carbonyl (C=O) groups excluding carboxylic acids is 2. The molecule has 8 atom stereocenters. The fourth-order valence-corrected chi connectivity index (χ4v) is 8.16. The van der Waals surface area contributed by atoms with E-state index in [1.54, 1.807) is 33.8 Å². The molecule has 0 aromatic carbocycles. The Kier molecular flexibility index (Phi) is 4.30. The lowest BCUT2D eigenvalue weighted by Crippen LogP contribution is -2.71. The largest absolute Gasteiger partial charge is 0.390 e. The number of hydrogen-bond donors (Lipinski definition) is 3. The zero-order valence-corrected chi connectivity index (χ0v) is 19.0. The topological polar surface area (TPSA) is 119 Å². The quantitative estimate of drug-likeness (QED) is 0.587. The van der Waals surface area contributed by atoms with E-state index in [-0.39, 0.29) is 18.6 Å². The molecule has 8 heteroatoms. The van der Waals surface area contributed by atoms with Gasteiger partial charge in [-0.2, -0.15) is 0 Å². The van der Waals surface area contributed by atoms with Crippen LogP contribution in [0.25, 0.3) is 0 Å². The van der Waals surface area contributed by atoms with Gasteiger partial charge in [0.25, 0.3) is 0 Å². The number of alkyl halides is 1. The molecule has 1 saturated heterocycles. The lowest BCUT2D eigenvalue weighted by Gasteiger charge is -2.62. The second-order valence-corrected chi connectivity index (χ2v) is 11.2. The molecule has 7 nitrogen and oxygen atoms in total. The van der Waals surface area contributed by atoms with Gasteiger partial charge in [0.2, 0.25) is 0 Å². The van der Waals surface area contributed by atoms with Crippen molar-refractivity contribution in [3.05, 3.63) is 23.8 Å². The van der Waals surface area contributed by atoms with Gasteiger partial charge in [-0.3, -0.25) is 9.59 Å². The van der Waals surface area contributed by atoms with E-state index in [9.17, 15) is 19.8 Å². The first kappa shape index (κ1) is 22.3. The third-order valence-electron chi connectivity index (χ3n) is 9.32. The Morgan fingerprint density at radius 2 is 1.91 bits per heavy atom. The standard InChI is InChI=1S/C24H32FNO6/c1-19(2)31-22(26)10-16-15-6-5-13-9-14(28)7-8-20(13,3)23(15,25)17(29)11-21(16,4)24(22,32-19)18(30)12-27/h7-9,15-17,27,29H,5-6,10-12,26H2,1-4H3/t15-,16-,17-,20-,21-,22+,23-,24-/m0/s1. The summed E-state index contributed by atoms with van der Waals surface area (Å²) in [5.41, 5.74) is -0.0921. The first-order valence-electron chi connectivity index (χ1n) is 11.4. The fraction of sp³-hybridized carbons (Fsp3) is 0.750. The van der Waals surface area contributed by atoms with Gasteiger partial charge in [-0.15, -0.1) is 0 Å². The number of aliphatic hydroxyl groups is 2. The van der Waals surface area contributed by atoms with Crippen molar-refractivity contribution in [2.75, 3.05) is 6.61 Å². The van der Waals surface area contributed by atoms with Crippen LogP contribution in [0.5, 0.6) is 0 Å². The molecule has 0 unspecified atom stereocenters. The van der Waals surface area contributed by atoms with Crippen LogP contribution in [0, 0.1) is 22.7 Å². The van der Waals surface area contributed by atoms with Crippen molar-refractivity contribution in [2.24, 2.45) is 28.4 Å². The number of nitrogens with two attached hydrogens (primary N) is 1. The van der Waals surface area contributed by atoms with Gasteiger partial charge in [-0.1, -0.05) is 18.6 Å². The molecule has 0 spiro atoms. The van der Waals surface area contributed by atoms with E-state index in [1.807, 2.05) is 0 Å². The van der Waals surface area contributed by atoms with Gasteiger partial charge in [0.15, 0.2) is 34.3 Å². The van der Waals surface area contributed by atoms with E-state index in [0.717, 1.165) is 0 Å². The third kappa shape index (κ3) is 2.23. The van der Waals surface area contributed by atoms with E-state index in [2.05, 4.69) is 0 Å². The van der Waals surface area contributed by atoms with Gasteiger partial charge >= 0.3 is 0 Å². The van der Waals surface area contributed by atoms with Crippen LogP contribution in [-0.2, 0) is 19.1 Å². The molecule has 176 valence electrons. The predicted molar refractivity (Wildman–Crippen MR) is 112 cm³/mol. The van der Waals surface area contributed by atoms with Crippen LogP contribution >= 0.6 is 0 Å². The lowest BCUT2D eigenvalue weighted by atomic mass is 9.44. The molecule has 5 rings (SSSR count). The average molecular weight is 450 g/mol. The molecule has 32 heavy (non-hydrogen) atoms. The van der Waals surface area contributed by atoms with Crippen molar-refractivity contribution in [3.8, 4) is 0 Å². The molecule has 4 aliphatic carbocycles. The van der Waals surface area contributed by atoms with Crippen LogP contribution in [0.15, 0.2) is 23.8 Å². The fourth-order valence-electron chi connectivity index (χ4n) is 8.16. The summed E-state index contributed by atoms with van der Waals surface area (Å²) < 4.78 is 29.5. The van der Waals surface area contributed by atoms with Gasteiger partial charge in [-0.05, 0) is 64.5 Å². The van der Waals surface area contributed by atoms with Crippen LogP contribution in [-0.4, -0.2) is 57.3 Å². The summed E-state index contributed by atoms with van der Waals surface area (Å²) in [6.07, 6.45) is 4.00. The van der Waals surface area contributed by atoms with Crippen molar-refractivity contribution in [1.29, 1.82) is 0 Å². The molecule has 0 bridgehead atoms. The summed E-state index contributed by atoms with van der Waals surface area (Å²) in [7, 11) is 0. The highest BCUT2D eigenvalue weighted by Gasteiger charge is 2.84. The third-order valence-corrected chi connectivity index (χ3v) is 9.32. The van der Waals surface area contributed by atoms with Crippen LogP contribution < -0.4 is 5.73 Å². The molecule has 1 heterocycles. The normalized spacial score (nSPS) is 53.2. The number of carbonyl (C=O) groups is 2. The summed E-state index contributed by atoms with van der Waals surface area (Å²) >= 11 is 0. The number of halogens is 1. The zero-order valence-electron chi connectivity index (χ0n) is 19.0. The SMILES string of the molecule is CC1(C)O[C@]2(C(=O)CO)[C@@](N)(C[C@H]3[C@@H]4CCC5=CC(=O)C=C[C@]5(C)[C@@]4(F)[C@@H](O)C[C@@]32C)O1. The maximum absolute atomic E-state index is 17.2. The number of rotatable bonds is 2. The molecule has 4 N–H and O–H groups in total. The van der Waals surface area contributed by atoms with Crippen molar-refractivity contribution in [2.45, 2.75) is 82.3 Å². The van der Waals surface area contributed by atoms with E-state index in [0.29, 0.717) is 18.4 Å². The van der Waals surface area contributed by atoms with Crippen LogP contribution in [0.2, 0.25) is 0 Å². The summed E-state index contributed by atoms with van der Waals surface area (Å²) in [5.74, 6) is -3.04. The van der Waals surface area contributed by atoms with Gasteiger partial charge in [0.1, 0.15) is 6.61 Å². The van der Waals surface area contributed by atoms with E-state index < -0.39 is 63.9 Å². The molecule has 3 saturated carbocycles. The second kappa shape index (κ2) is 6.16. The number of fused-ring (bicyclic) bond motifs is 7. The van der Waals surface area contributed by atoms with Gasteiger partial charge in [0, 0.05) is 16.7 Å². The molecular formula is C24H32FNO6. The maximum Gasteiger partial charge on any atom is 0.194 e. The monoisotopic (exact) mass is 449 g/mol. The van der Waals surface area contributed by atoms with Gasteiger partial charge in [-0.25, -0.2) is 4.39 Å². The molecule has 0 radical (unpaired) electrons. The van der Waals surface area contributed by atoms with Crippen molar-refractivity contribution in [3.63, 3.8) is 0 Å².